The number of aromatic nitrogens is 4. The minimum atomic E-state index is -2.81. The minimum Gasteiger partial charge on any atom is -0.510 e. The topological polar surface area (TPSA) is 35.9 Å². The van der Waals surface area contributed by atoms with Crippen molar-refractivity contribution in [1.82, 2.24) is 14.1 Å². The number of nitrogens with zero attached hydrogens (tertiary/aromatic N) is 4. The van der Waals surface area contributed by atoms with Crippen molar-refractivity contribution in [2.75, 3.05) is 0 Å². The summed E-state index contributed by atoms with van der Waals surface area (Å²) in [7, 11) is 0. The van der Waals surface area contributed by atoms with Crippen molar-refractivity contribution in [3.8, 4) is 73.2 Å². The molecule has 6 heteroatoms. The van der Waals surface area contributed by atoms with Crippen LogP contribution in [0.4, 0.5) is 0 Å². The second kappa shape index (κ2) is 20.6. The molecule has 0 aliphatic heterocycles. The Morgan fingerprint density at radius 2 is 1.16 bits per heavy atom. The van der Waals surface area contributed by atoms with Crippen LogP contribution >= 0.6 is 0 Å². The molecule has 0 amide bonds. The van der Waals surface area contributed by atoms with Crippen molar-refractivity contribution < 1.29 is 48.2 Å². The molecule has 0 saturated carbocycles. The van der Waals surface area contributed by atoms with Gasteiger partial charge in [0.2, 0.25) is 0 Å². The molecular formula is C73H64N4OPt-2. The molecule has 0 spiro atoms. The van der Waals surface area contributed by atoms with E-state index in [0.717, 1.165) is 44.2 Å². The molecule has 0 aliphatic rings. The summed E-state index contributed by atoms with van der Waals surface area (Å²) in [6.45, 7) is 16.5. The van der Waals surface area contributed by atoms with E-state index < -0.39 is 60.6 Å². The monoisotopic (exact) mass is 1220 g/mol. The molecule has 0 bridgehead atoms. The molecule has 0 N–H and O–H groups in total. The van der Waals surface area contributed by atoms with Crippen molar-refractivity contribution >= 4 is 32.8 Å². The fraction of sp³-hybridized carbons (Fsp3) is 0.178. The van der Waals surface area contributed by atoms with Crippen molar-refractivity contribution in [1.29, 1.82) is 0 Å². The van der Waals surface area contributed by atoms with E-state index in [1.807, 2.05) is 75.9 Å². The molecule has 3 aromatic heterocycles. The summed E-state index contributed by atoms with van der Waals surface area (Å²) in [5, 5.41) is 1.55. The molecule has 0 saturated heterocycles. The Balaban J connectivity index is 0.00000867. The number of aryl methyl sites for hydroxylation is 1. The zero-order chi connectivity index (χ0) is 65.3. The molecule has 12 rings (SSSR count). The summed E-state index contributed by atoms with van der Waals surface area (Å²) in [6, 6.07) is 47.1. The van der Waals surface area contributed by atoms with Gasteiger partial charge in [-0.05, 0) is 114 Å². The van der Waals surface area contributed by atoms with Crippen LogP contribution in [0.2, 0.25) is 0 Å². The first-order valence-corrected chi connectivity index (χ1v) is 26.0. The molecule has 0 radical (unpaired) electrons. The number of rotatable bonds is 9. The number of fused-ring (bicyclic) bond motifs is 4. The van der Waals surface area contributed by atoms with E-state index >= 15 is 0 Å². The predicted octanol–water partition coefficient (Wildman–Crippen LogP) is 18.5. The maximum absolute atomic E-state index is 9.50. The van der Waals surface area contributed by atoms with Crippen LogP contribution < -0.4 is 9.30 Å². The van der Waals surface area contributed by atoms with Gasteiger partial charge in [0.1, 0.15) is 5.82 Å². The van der Waals surface area contributed by atoms with Crippen LogP contribution in [0.5, 0.6) is 11.5 Å². The maximum Gasteiger partial charge on any atom is 0.268 e. The molecule has 0 aliphatic carbocycles. The van der Waals surface area contributed by atoms with Gasteiger partial charge in [0.15, 0.2) is 0 Å². The van der Waals surface area contributed by atoms with Gasteiger partial charge in [-0.3, -0.25) is 4.57 Å². The summed E-state index contributed by atoms with van der Waals surface area (Å²) in [5.74, 6) is 0.751. The minimum absolute atomic E-state index is 0. The van der Waals surface area contributed by atoms with E-state index in [0.29, 0.717) is 44.8 Å². The van der Waals surface area contributed by atoms with Crippen LogP contribution in [0.3, 0.4) is 0 Å². The van der Waals surface area contributed by atoms with E-state index in [2.05, 4.69) is 135 Å². The Bertz CT molecular complexity index is 4910. The summed E-state index contributed by atoms with van der Waals surface area (Å²) < 4.78 is 126. The summed E-state index contributed by atoms with van der Waals surface area (Å²) >= 11 is 0. The third-order valence-electron chi connectivity index (χ3n) is 14.4. The largest absolute Gasteiger partial charge is 0.510 e. The smallest absolute Gasteiger partial charge is 0.268 e. The van der Waals surface area contributed by atoms with E-state index in [4.69, 9.17) is 24.8 Å². The maximum atomic E-state index is 9.50. The summed E-state index contributed by atoms with van der Waals surface area (Å²) in [4.78, 5) is 4.73. The predicted molar refractivity (Wildman–Crippen MR) is 323 cm³/mol. The number of hydrogen-bond acceptors (Lipinski definition) is 2. The Labute approximate surface area is 498 Å². The first-order chi connectivity index (χ1) is 42.8. The average molecular weight is 1220 g/mol. The second-order valence-corrected chi connectivity index (χ2v) is 22.8. The van der Waals surface area contributed by atoms with Gasteiger partial charge in [-0.1, -0.05) is 219 Å². The van der Waals surface area contributed by atoms with Gasteiger partial charge in [0, 0.05) is 54.0 Å². The van der Waals surface area contributed by atoms with Crippen molar-refractivity contribution in [2.24, 2.45) is 0 Å². The number of imidazole rings is 1. The van der Waals surface area contributed by atoms with Gasteiger partial charge < -0.3 is 13.9 Å². The van der Waals surface area contributed by atoms with Crippen molar-refractivity contribution in [3.05, 3.63) is 247 Å². The summed E-state index contributed by atoms with van der Waals surface area (Å²) in [5.41, 5.74) is 9.26. The van der Waals surface area contributed by atoms with Gasteiger partial charge in [0.05, 0.1) is 30.4 Å². The third kappa shape index (κ3) is 10.2. The van der Waals surface area contributed by atoms with Crippen LogP contribution in [0, 0.1) is 25.3 Å². The van der Waals surface area contributed by atoms with E-state index in [-0.39, 0.29) is 77.8 Å². The molecule has 5 nitrogen and oxygen atoms in total. The molecule has 0 fully saturated rings. The average Bonchev–Trinajstić information content (AvgIpc) is 1.38. The zero-order valence-electron chi connectivity index (χ0n) is 58.4. The van der Waals surface area contributed by atoms with Gasteiger partial charge in [-0.25, -0.2) is 4.98 Å². The van der Waals surface area contributed by atoms with Crippen molar-refractivity contribution in [3.63, 3.8) is 0 Å². The van der Waals surface area contributed by atoms with E-state index in [9.17, 15) is 2.74 Å². The third-order valence-corrected chi connectivity index (χ3v) is 14.4. The van der Waals surface area contributed by atoms with Crippen molar-refractivity contribution in [2.45, 2.75) is 85.4 Å². The molecule has 394 valence electrons. The molecular weight excluding hydrogens is 1140 g/mol. The normalized spacial score (nSPS) is 14.6. The van der Waals surface area contributed by atoms with Crippen LogP contribution in [-0.2, 0) is 37.3 Å². The SMILES string of the molecule is [2H]c1c([2H])c([2H])c(-c2cnc(-n3c4[c-]c(Oc5[c-]c(-n6[c-][n+](-c7c(-c8cccc(C(C)(C)C)c8)cc(C(C)(C)C)cc7-c7c([2H])c([2H])c([2H])c([2H])c7[2H])c7ccc(-c8ccc(C(C)(C)C)cc8)cc76)ccc5)ccc4c4ccccc43)cc2C([2H])([2H])[2H])c([2H])c1[2H].[Pt]. The van der Waals surface area contributed by atoms with Crippen LogP contribution in [0.1, 0.15) is 102 Å². The quantitative estimate of drug-likeness (QED) is 0.107. The number of pyridine rings is 1. The van der Waals surface area contributed by atoms with E-state index in [1.54, 1.807) is 16.7 Å². The number of hydrogen-bond donors (Lipinski definition) is 0. The molecule has 9 aromatic carbocycles. The fourth-order valence-corrected chi connectivity index (χ4v) is 10.1. The van der Waals surface area contributed by atoms with E-state index in [1.165, 1.54) is 17.8 Å². The number of benzene rings is 9. The van der Waals surface area contributed by atoms with Gasteiger partial charge in [-0.15, -0.1) is 29.7 Å². The van der Waals surface area contributed by atoms with Gasteiger partial charge in [0.25, 0.3) is 6.33 Å². The Morgan fingerprint density at radius 3 is 1.86 bits per heavy atom. The Kier molecular flexibility index (Phi) is 10.2. The first-order valence-electron chi connectivity index (χ1n) is 32.5. The van der Waals surface area contributed by atoms with Crippen LogP contribution in [-0.4, -0.2) is 14.1 Å². The summed E-state index contributed by atoms with van der Waals surface area (Å²) in [6.07, 6.45) is 4.96. The first kappa shape index (κ1) is 39.3. The van der Waals surface area contributed by atoms with Crippen LogP contribution in [0.25, 0.3) is 94.5 Å². The fourth-order valence-electron chi connectivity index (χ4n) is 10.1. The molecule has 79 heavy (non-hydrogen) atoms. The van der Waals surface area contributed by atoms with Crippen LogP contribution in [0.15, 0.2) is 206 Å². The number of ether oxygens (including phenoxy) is 1. The molecule has 0 unspecified atom stereocenters. The Hall–Kier alpha value is -8.11. The molecule has 3 heterocycles. The second-order valence-electron chi connectivity index (χ2n) is 22.8. The number of para-hydroxylation sites is 1. The Morgan fingerprint density at radius 1 is 0.519 bits per heavy atom. The zero-order valence-corrected chi connectivity index (χ0v) is 47.6. The molecule has 12 aromatic rings. The van der Waals surface area contributed by atoms with Gasteiger partial charge in [-0.2, -0.15) is 18.2 Å². The molecule has 0 atom stereocenters. The van der Waals surface area contributed by atoms with Gasteiger partial charge >= 0.3 is 0 Å². The standard InChI is InChI=1S/C73H64N4O.Pt/c1-48-39-69(74-46-64(48)51-23-15-12-16-24-51)77-65-30-18-17-29-60(65)61-37-36-59(45-67(61)77)78-58-28-20-27-57(44-58)75-47-76(66-38-33-52(41-68(66)75)49-31-34-54(35-32-49)71(2,3)4)70-62(50-21-13-11-14-22-50)42-56(73(8,9)10)43-63(70)53-25-19-26-55(40-53)72(5,6)7;/h11-43,46H,1-10H3;/q-2;/i1D3,11D,12D,13D,14D,15D,16D,21D,22D,23D,24D;.